The van der Waals surface area contributed by atoms with E-state index in [1.165, 1.54) is 0 Å². The average Bonchev–Trinajstić information content (AvgIpc) is 2.42. The van der Waals surface area contributed by atoms with Crippen LogP contribution in [0.3, 0.4) is 0 Å². The number of nitrogens with one attached hydrogen (secondary N) is 1. The molecular formula is C12H17N5S. The van der Waals surface area contributed by atoms with Crippen LogP contribution in [0.4, 0.5) is 5.82 Å². The fourth-order valence-corrected chi connectivity index (χ4v) is 2.46. The number of nitrogens with zero attached hydrogens (tertiary/aromatic N) is 4. The minimum absolute atomic E-state index is 0.449. The Kier molecular flexibility index (Phi) is 4.79. The second kappa shape index (κ2) is 6.57. The van der Waals surface area contributed by atoms with Gasteiger partial charge in [-0.2, -0.15) is 5.26 Å². The van der Waals surface area contributed by atoms with E-state index in [0.29, 0.717) is 12.6 Å². The third-order valence-electron chi connectivity index (χ3n) is 3.09. The molecule has 5 nitrogen and oxygen atoms in total. The molecule has 0 radical (unpaired) electrons. The predicted molar refractivity (Wildman–Crippen MR) is 72.5 cm³/mol. The van der Waals surface area contributed by atoms with Crippen LogP contribution in [0.2, 0.25) is 0 Å². The van der Waals surface area contributed by atoms with E-state index in [2.05, 4.69) is 26.3 Å². The van der Waals surface area contributed by atoms with Gasteiger partial charge in [-0.15, -0.1) is 11.8 Å². The van der Waals surface area contributed by atoms with Gasteiger partial charge in [-0.1, -0.05) is 0 Å². The molecule has 1 saturated heterocycles. The van der Waals surface area contributed by atoms with Crippen molar-refractivity contribution in [3.8, 4) is 6.07 Å². The maximum absolute atomic E-state index is 8.65. The number of hydrogen-bond acceptors (Lipinski definition) is 6. The molecule has 0 bridgehead atoms. The van der Waals surface area contributed by atoms with Gasteiger partial charge in [0.25, 0.3) is 0 Å². The Hall–Kier alpha value is -1.32. The fraction of sp³-hybridized carbons (Fsp3) is 0.583. The molecule has 1 fully saturated rings. The molecule has 0 spiro atoms. The van der Waals surface area contributed by atoms with Crippen molar-refractivity contribution in [3.63, 3.8) is 0 Å². The van der Waals surface area contributed by atoms with Gasteiger partial charge < -0.3 is 5.32 Å². The summed E-state index contributed by atoms with van der Waals surface area (Å²) < 4.78 is 0. The Morgan fingerprint density at radius 3 is 2.94 bits per heavy atom. The molecule has 2 heterocycles. The van der Waals surface area contributed by atoms with E-state index in [0.717, 1.165) is 36.8 Å². The van der Waals surface area contributed by atoms with Gasteiger partial charge in [-0.05, 0) is 19.1 Å². The molecule has 0 aliphatic carbocycles. The van der Waals surface area contributed by atoms with E-state index in [4.69, 9.17) is 5.26 Å². The Labute approximate surface area is 112 Å². The molecule has 1 aliphatic heterocycles. The van der Waals surface area contributed by atoms with E-state index in [9.17, 15) is 0 Å². The SMILES string of the molecule is CSc1cc(NC2CCN(CC#N)CC2)ncn1. The summed E-state index contributed by atoms with van der Waals surface area (Å²) in [6, 6.07) is 4.63. The van der Waals surface area contributed by atoms with Gasteiger partial charge in [-0.25, -0.2) is 9.97 Å². The van der Waals surface area contributed by atoms with Crippen molar-refractivity contribution in [3.05, 3.63) is 12.4 Å². The van der Waals surface area contributed by atoms with Crippen LogP contribution in [0.25, 0.3) is 0 Å². The van der Waals surface area contributed by atoms with E-state index in [1.807, 2.05) is 12.3 Å². The van der Waals surface area contributed by atoms with Crippen LogP contribution in [0.5, 0.6) is 0 Å². The second-order valence-electron chi connectivity index (χ2n) is 4.30. The van der Waals surface area contributed by atoms with Crippen molar-refractivity contribution >= 4 is 17.6 Å². The molecule has 1 N–H and O–H groups in total. The summed E-state index contributed by atoms with van der Waals surface area (Å²) in [7, 11) is 0. The van der Waals surface area contributed by atoms with E-state index in [1.54, 1.807) is 18.1 Å². The number of anilines is 1. The maximum atomic E-state index is 8.65. The highest BCUT2D eigenvalue weighted by atomic mass is 32.2. The number of aromatic nitrogens is 2. The highest BCUT2D eigenvalue weighted by molar-refractivity contribution is 7.98. The largest absolute Gasteiger partial charge is 0.367 e. The predicted octanol–water partition coefficient (Wildman–Crippen LogP) is 1.60. The lowest BCUT2D eigenvalue weighted by Crippen LogP contribution is -2.39. The van der Waals surface area contributed by atoms with Gasteiger partial charge in [0.05, 0.1) is 12.6 Å². The third kappa shape index (κ3) is 3.59. The van der Waals surface area contributed by atoms with Crippen LogP contribution in [0.1, 0.15) is 12.8 Å². The minimum Gasteiger partial charge on any atom is -0.367 e. The van der Waals surface area contributed by atoms with Crippen molar-refractivity contribution in [1.82, 2.24) is 14.9 Å². The summed E-state index contributed by atoms with van der Waals surface area (Å²) in [5.41, 5.74) is 0. The first-order valence-electron chi connectivity index (χ1n) is 6.03. The monoisotopic (exact) mass is 263 g/mol. The summed E-state index contributed by atoms with van der Waals surface area (Å²) in [5.74, 6) is 0.896. The van der Waals surface area contributed by atoms with Crippen molar-refractivity contribution in [2.45, 2.75) is 23.9 Å². The van der Waals surface area contributed by atoms with E-state index < -0.39 is 0 Å². The van der Waals surface area contributed by atoms with Crippen LogP contribution in [-0.4, -0.2) is 46.8 Å². The van der Waals surface area contributed by atoms with Crippen LogP contribution in [0, 0.1) is 11.3 Å². The standard InChI is InChI=1S/C12H17N5S/c1-18-12-8-11(14-9-15-12)16-10-2-5-17(6-3-10)7-4-13/h8-10H,2-3,5-7H2,1H3,(H,14,15,16). The number of rotatable bonds is 4. The maximum Gasteiger partial charge on any atom is 0.130 e. The summed E-state index contributed by atoms with van der Waals surface area (Å²) >= 11 is 1.62. The van der Waals surface area contributed by atoms with Crippen molar-refractivity contribution in [1.29, 1.82) is 5.26 Å². The van der Waals surface area contributed by atoms with Crippen molar-refractivity contribution in [2.75, 3.05) is 31.2 Å². The van der Waals surface area contributed by atoms with Crippen LogP contribution < -0.4 is 5.32 Å². The minimum atomic E-state index is 0.449. The highest BCUT2D eigenvalue weighted by Crippen LogP contribution is 2.18. The molecule has 0 amide bonds. The summed E-state index contributed by atoms with van der Waals surface area (Å²) in [5, 5.41) is 13.1. The Morgan fingerprint density at radius 1 is 1.50 bits per heavy atom. The van der Waals surface area contributed by atoms with Gasteiger partial charge in [0.1, 0.15) is 17.2 Å². The zero-order chi connectivity index (χ0) is 12.8. The van der Waals surface area contributed by atoms with Gasteiger partial charge in [0, 0.05) is 25.2 Å². The molecule has 2 rings (SSSR count). The quantitative estimate of drug-likeness (QED) is 0.506. The number of hydrogen-bond donors (Lipinski definition) is 1. The number of thioether (sulfide) groups is 1. The van der Waals surface area contributed by atoms with E-state index in [-0.39, 0.29) is 0 Å². The van der Waals surface area contributed by atoms with Gasteiger partial charge in [0.2, 0.25) is 0 Å². The lowest BCUT2D eigenvalue weighted by Gasteiger charge is -2.30. The summed E-state index contributed by atoms with van der Waals surface area (Å²) in [6.07, 6.45) is 5.71. The Balaban J connectivity index is 1.86. The first-order chi connectivity index (χ1) is 8.81. The van der Waals surface area contributed by atoms with Crippen LogP contribution in [-0.2, 0) is 0 Å². The van der Waals surface area contributed by atoms with E-state index >= 15 is 0 Å². The van der Waals surface area contributed by atoms with Crippen LogP contribution >= 0.6 is 11.8 Å². The zero-order valence-electron chi connectivity index (χ0n) is 10.5. The van der Waals surface area contributed by atoms with Crippen LogP contribution in [0.15, 0.2) is 17.4 Å². The molecule has 1 aliphatic rings. The molecule has 6 heteroatoms. The molecule has 0 saturated carbocycles. The Bertz CT molecular complexity index is 423. The van der Waals surface area contributed by atoms with Crippen molar-refractivity contribution in [2.24, 2.45) is 0 Å². The average molecular weight is 263 g/mol. The summed E-state index contributed by atoms with van der Waals surface area (Å²) in [6.45, 7) is 2.49. The molecule has 96 valence electrons. The molecule has 0 unspecified atom stereocenters. The Morgan fingerprint density at radius 2 is 2.28 bits per heavy atom. The van der Waals surface area contributed by atoms with Gasteiger partial charge in [0.15, 0.2) is 0 Å². The molecule has 0 aromatic carbocycles. The topological polar surface area (TPSA) is 64.8 Å². The lowest BCUT2D eigenvalue weighted by molar-refractivity contribution is 0.242. The number of likely N-dealkylation sites (tertiary alicyclic amines) is 1. The first-order valence-corrected chi connectivity index (χ1v) is 7.26. The zero-order valence-corrected chi connectivity index (χ0v) is 11.3. The van der Waals surface area contributed by atoms with Gasteiger partial charge in [-0.3, -0.25) is 4.90 Å². The highest BCUT2D eigenvalue weighted by Gasteiger charge is 2.18. The van der Waals surface area contributed by atoms with Gasteiger partial charge >= 0.3 is 0 Å². The smallest absolute Gasteiger partial charge is 0.130 e. The second-order valence-corrected chi connectivity index (χ2v) is 5.13. The molecule has 18 heavy (non-hydrogen) atoms. The molecule has 1 aromatic rings. The number of nitriles is 1. The first kappa shape index (κ1) is 13.1. The normalized spacial score (nSPS) is 17.3. The molecule has 0 atom stereocenters. The van der Waals surface area contributed by atoms with Crippen molar-refractivity contribution < 1.29 is 0 Å². The lowest BCUT2D eigenvalue weighted by atomic mass is 10.1. The fourth-order valence-electron chi connectivity index (χ4n) is 2.07. The molecule has 1 aromatic heterocycles. The third-order valence-corrected chi connectivity index (χ3v) is 3.73. The number of piperidine rings is 1. The molecular weight excluding hydrogens is 246 g/mol. The summed E-state index contributed by atoms with van der Waals surface area (Å²) in [4.78, 5) is 10.6.